The zero-order valence-corrected chi connectivity index (χ0v) is 9.01. The summed E-state index contributed by atoms with van der Waals surface area (Å²) in [5.41, 5.74) is 5.72. The third-order valence-electron chi connectivity index (χ3n) is 1.76. The normalized spacial score (nSPS) is 12.3. The number of hydrogen-bond acceptors (Lipinski definition) is 2. The Morgan fingerprint density at radius 1 is 1.67 bits per heavy atom. The minimum absolute atomic E-state index is 0.0946. The Kier molecular flexibility index (Phi) is 4.05. The van der Waals surface area contributed by atoms with Gasteiger partial charge in [0.15, 0.2) is 0 Å². The van der Waals surface area contributed by atoms with E-state index in [4.69, 9.17) is 17.3 Å². The highest BCUT2D eigenvalue weighted by atomic mass is 35.5. The molecule has 1 unspecified atom stereocenters. The lowest BCUT2D eigenvalue weighted by molar-refractivity contribution is 0.0952. The standard InChI is InChI=1S/C10H12ClFN2O/c1-6(13)5-14-10(15)8-3-2-7(12)4-9(8)11/h2-4,6H,5,13H2,1H3,(H,14,15). The molecule has 0 aliphatic rings. The van der Waals surface area contributed by atoms with Crippen LogP contribution in [0.25, 0.3) is 0 Å². The largest absolute Gasteiger partial charge is 0.350 e. The van der Waals surface area contributed by atoms with Gasteiger partial charge in [-0.1, -0.05) is 11.6 Å². The molecule has 82 valence electrons. The van der Waals surface area contributed by atoms with Crippen LogP contribution >= 0.6 is 11.6 Å². The summed E-state index contributed by atoms with van der Waals surface area (Å²) in [7, 11) is 0. The number of halogens is 2. The van der Waals surface area contributed by atoms with E-state index in [1.807, 2.05) is 0 Å². The number of carbonyl (C=O) groups excluding carboxylic acids is 1. The van der Waals surface area contributed by atoms with E-state index in [2.05, 4.69) is 5.32 Å². The van der Waals surface area contributed by atoms with Crippen LogP contribution in [0.1, 0.15) is 17.3 Å². The van der Waals surface area contributed by atoms with Crippen LogP contribution in [0.4, 0.5) is 4.39 Å². The zero-order valence-electron chi connectivity index (χ0n) is 8.26. The number of carbonyl (C=O) groups is 1. The van der Waals surface area contributed by atoms with Crippen molar-refractivity contribution in [2.75, 3.05) is 6.54 Å². The maximum atomic E-state index is 12.7. The van der Waals surface area contributed by atoms with Gasteiger partial charge in [0.2, 0.25) is 0 Å². The molecule has 1 aromatic rings. The Bertz CT molecular complexity index is 368. The number of benzene rings is 1. The van der Waals surface area contributed by atoms with Crippen molar-refractivity contribution in [2.24, 2.45) is 5.73 Å². The molecule has 1 atom stereocenters. The summed E-state index contributed by atoms with van der Waals surface area (Å²) in [5.74, 6) is -0.818. The minimum atomic E-state index is -0.469. The van der Waals surface area contributed by atoms with E-state index in [0.717, 1.165) is 6.07 Å². The molecule has 0 saturated heterocycles. The highest BCUT2D eigenvalue weighted by molar-refractivity contribution is 6.33. The van der Waals surface area contributed by atoms with E-state index in [0.29, 0.717) is 6.54 Å². The third-order valence-corrected chi connectivity index (χ3v) is 2.07. The zero-order chi connectivity index (χ0) is 11.4. The first-order valence-electron chi connectivity index (χ1n) is 4.49. The van der Waals surface area contributed by atoms with Gasteiger partial charge < -0.3 is 11.1 Å². The SMILES string of the molecule is CC(N)CNC(=O)c1ccc(F)cc1Cl. The summed E-state index contributed by atoms with van der Waals surface area (Å²) in [6.07, 6.45) is 0. The molecule has 0 aliphatic carbocycles. The first kappa shape index (κ1) is 11.9. The predicted octanol–water partition coefficient (Wildman–Crippen LogP) is 1.56. The Labute approximate surface area is 92.4 Å². The first-order valence-corrected chi connectivity index (χ1v) is 4.87. The Morgan fingerprint density at radius 2 is 2.33 bits per heavy atom. The third kappa shape index (κ3) is 3.49. The lowest BCUT2D eigenvalue weighted by Crippen LogP contribution is -2.35. The van der Waals surface area contributed by atoms with Crippen LogP contribution in [0.15, 0.2) is 18.2 Å². The molecule has 0 aromatic heterocycles. The van der Waals surface area contributed by atoms with Crippen molar-refractivity contribution in [3.8, 4) is 0 Å². The van der Waals surface area contributed by atoms with Gasteiger partial charge >= 0.3 is 0 Å². The predicted molar refractivity (Wildman–Crippen MR) is 57.4 cm³/mol. The fourth-order valence-electron chi connectivity index (χ4n) is 1.02. The maximum absolute atomic E-state index is 12.7. The molecule has 0 heterocycles. The van der Waals surface area contributed by atoms with E-state index in [9.17, 15) is 9.18 Å². The number of nitrogens with one attached hydrogen (secondary N) is 1. The molecule has 0 bridgehead atoms. The molecular weight excluding hydrogens is 219 g/mol. The molecule has 1 rings (SSSR count). The highest BCUT2D eigenvalue weighted by Gasteiger charge is 2.10. The van der Waals surface area contributed by atoms with E-state index in [1.54, 1.807) is 6.92 Å². The molecule has 0 saturated carbocycles. The van der Waals surface area contributed by atoms with Gasteiger partial charge in [0.1, 0.15) is 5.82 Å². The lowest BCUT2D eigenvalue weighted by atomic mass is 10.2. The van der Waals surface area contributed by atoms with Crippen molar-refractivity contribution in [3.05, 3.63) is 34.6 Å². The molecule has 5 heteroatoms. The second-order valence-electron chi connectivity index (χ2n) is 3.31. The summed E-state index contributed by atoms with van der Waals surface area (Å²) in [6, 6.07) is 3.50. The molecule has 0 spiro atoms. The van der Waals surface area contributed by atoms with E-state index < -0.39 is 5.82 Å². The Morgan fingerprint density at radius 3 is 2.87 bits per heavy atom. The number of hydrogen-bond donors (Lipinski definition) is 2. The van der Waals surface area contributed by atoms with E-state index in [1.165, 1.54) is 12.1 Å². The minimum Gasteiger partial charge on any atom is -0.350 e. The van der Waals surface area contributed by atoms with Crippen LogP contribution in [0, 0.1) is 5.82 Å². The monoisotopic (exact) mass is 230 g/mol. The smallest absolute Gasteiger partial charge is 0.252 e. The van der Waals surface area contributed by atoms with Crippen molar-refractivity contribution < 1.29 is 9.18 Å². The topological polar surface area (TPSA) is 55.1 Å². The average molecular weight is 231 g/mol. The van der Waals surface area contributed by atoms with Gasteiger partial charge in [-0.3, -0.25) is 4.79 Å². The quantitative estimate of drug-likeness (QED) is 0.828. The maximum Gasteiger partial charge on any atom is 0.252 e. The van der Waals surface area contributed by atoms with Gasteiger partial charge in [-0.2, -0.15) is 0 Å². The summed E-state index contributed by atoms with van der Waals surface area (Å²) in [5, 5.41) is 2.68. The van der Waals surface area contributed by atoms with Gasteiger partial charge in [-0.15, -0.1) is 0 Å². The summed E-state index contributed by atoms with van der Waals surface area (Å²) in [6.45, 7) is 2.12. The molecule has 0 radical (unpaired) electrons. The number of nitrogens with two attached hydrogens (primary N) is 1. The fraction of sp³-hybridized carbons (Fsp3) is 0.300. The van der Waals surface area contributed by atoms with Crippen molar-refractivity contribution >= 4 is 17.5 Å². The van der Waals surface area contributed by atoms with Crippen LogP contribution in [-0.4, -0.2) is 18.5 Å². The molecule has 1 amide bonds. The molecular formula is C10H12ClFN2O. The van der Waals surface area contributed by atoms with Crippen molar-refractivity contribution in [1.29, 1.82) is 0 Å². The fourth-order valence-corrected chi connectivity index (χ4v) is 1.28. The lowest BCUT2D eigenvalue weighted by Gasteiger charge is -2.08. The Balaban J connectivity index is 2.74. The molecule has 15 heavy (non-hydrogen) atoms. The summed E-state index contributed by atoms with van der Waals surface area (Å²) < 4.78 is 12.7. The van der Waals surface area contributed by atoms with Gasteiger partial charge in [-0.05, 0) is 25.1 Å². The highest BCUT2D eigenvalue weighted by Crippen LogP contribution is 2.16. The number of rotatable bonds is 3. The summed E-state index contributed by atoms with van der Waals surface area (Å²) in [4.78, 5) is 11.5. The van der Waals surface area contributed by atoms with Crippen LogP contribution in [-0.2, 0) is 0 Å². The second kappa shape index (κ2) is 5.09. The van der Waals surface area contributed by atoms with Crippen molar-refractivity contribution in [1.82, 2.24) is 5.32 Å². The van der Waals surface area contributed by atoms with Crippen LogP contribution in [0.5, 0.6) is 0 Å². The van der Waals surface area contributed by atoms with Crippen molar-refractivity contribution in [3.63, 3.8) is 0 Å². The summed E-state index contributed by atoms with van der Waals surface area (Å²) >= 11 is 5.71. The average Bonchev–Trinajstić information content (AvgIpc) is 2.14. The molecule has 3 nitrogen and oxygen atoms in total. The van der Waals surface area contributed by atoms with Gasteiger partial charge in [-0.25, -0.2) is 4.39 Å². The van der Waals surface area contributed by atoms with Gasteiger partial charge in [0, 0.05) is 12.6 Å². The molecule has 1 aromatic carbocycles. The second-order valence-corrected chi connectivity index (χ2v) is 3.72. The van der Waals surface area contributed by atoms with Gasteiger partial charge in [0.25, 0.3) is 5.91 Å². The van der Waals surface area contributed by atoms with Gasteiger partial charge in [0.05, 0.1) is 10.6 Å². The van der Waals surface area contributed by atoms with Crippen LogP contribution in [0.2, 0.25) is 5.02 Å². The molecule has 0 aliphatic heterocycles. The van der Waals surface area contributed by atoms with E-state index in [-0.39, 0.29) is 22.5 Å². The number of amides is 1. The van der Waals surface area contributed by atoms with Crippen LogP contribution < -0.4 is 11.1 Å². The Hall–Kier alpha value is -1.13. The first-order chi connectivity index (χ1) is 7.00. The van der Waals surface area contributed by atoms with Crippen LogP contribution in [0.3, 0.4) is 0 Å². The van der Waals surface area contributed by atoms with E-state index >= 15 is 0 Å². The molecule has 0 fully saturated rings. The van der Waals surface area contributed by atoms with Crippen molar-refractivity contribution in [2.45, 2.75) is 13.0 Å². The molecule has 3 N–H and O–H groups in total.